The molecule has 39 heavy (non-hydrogen) atoms. The van der Waals surface area contributed by atoms with Crippen molar-refractivity contribution in [2.24, 2.45) is 7.05 Å². The van der Waals surface area contributed by atoms with Crippen molar-refractivity contribution in [1.82, 2.24) is 19.7 Å². The van der Waals surface area contributed by atoms with E-state index in [0.29, 0.717) is 24.0 Å². The summed E-state index contributed by atoms with van der Waals surface area (Å²) in [7, 11) is 1.73. The fourth-order valence-electron chi connectivity index (χ4n) is 6.22. The Morgan fingerprint density at radius 3 is 2.79 bits per heavy atom. The number of aryl methyl sites for hydroxylation is 1. The van der Waals surface area contributed by atoms with Gasteiger partial charge in [0, 0.05) is 78.3 Å². The molecule has 7 rings (SSSR count). The second-order valence-electron chi connectivity index (χ2n) is 10.9. The molecule has 9 nitrogen and oxygen atoms in total. The summed E-state index contributed by atoms with van der Waals surface area (Å²) in [6.45, 7) is 1.28. The molecular weight excluding hydrogens is 492 g/mol. The van der Waals surface area contributed by atoms with Crippen molar-refractivity contribution in [3.8, 4) is 11.1 Å². The lowest BCUT2D eigenvalue weighted by Crippen LogP contribution is -2.37. The van der Waals surface area contributed by atoms with E-state index in [1.807, 2.05) is 36.5 Å². The van der Waals surface area contributed by atoms with Gasteiger partial charge < -0.3 is 24.8 Å². The number of fused-ring (bicyclic) bond motifs is 2. The zero-order valence-electron chi connectivity index (χ0n) is 22.0. The Labute approximate surface area is 226 Å². The lowest BCUT2D eigenvalue weighted by Gasteiger charge is -2.35. The molecule has 0 radical (unpaired) electrons. The smallest absolute Gasteiger partial charge is 0.274 e. The Morgan fingerprint density at radius 2 is 1.97 bits per heavy atom. The molecule has 2 aliphatic heterocycles. The van der Waals surface area contributed by atoms with Gasteiger partial charge in [-0.1, -0.05) is 12.1 Å². The van der Waals surface area contributed by atoms with E-state index in [1.165, 1.54) is 5.70 Å². The van der Waals surface area contributed by atoms with Crippen molar-refractivity contribution >= 4 is 23.0 Å². The van der Waals surface area contributed by atoms with Gasteiger partial charge in [0.15, 0.2) is 5.82 Å². The van der Waals surface area contributed by atoms with Gasteiger partial charge in [-0.25, -0.2) is 0 Å². The monoisotopic (exact) mass is 524 g/mol. The van der Waals surface area contributed by atoms with Crippen molar-refractivity contribution < 1.29 is 9.90 Å². The van der Waals surface area contributed by atoms with Gasteiger partial charge in [-0.2, -0.15) is 5.10 Å². The number of anilines is 3. The highest BCUT2D eigenvalue weighted by atomic mass is 16.3. The Morgan fingerprint density at radius 1 is 1.13 bits per heavy atom. The van der Waals surface area contributed by atoms with E-state index in [-0.39, 0.29) is 17.9 Å². The van der Waals surface area contributed by atoms with E-state index in [0.717, 1.165) is 84.4 Å². The van der Waals surface area contributed by atoms with Crippen LogP contribution in [0.4, 0.5) is 17.2 Å². The van der Waals surface area contributed by atoms with Gasteiger partial charge >= 0.3 is 0 Å². The standard InChI is InChI=1S/C30H32N6O3/c1-34-15-19(13-24(30(34)39)31-28-14-23(32-33-28)18-9-10-18)20-6-4-8-25(22(20)17-37)35-11-12-36-26-7-3-2-5-21(26)29(38)27(36)16-35/h4,6,8,13-16,18,37H,2-3,5,7,9-12,17H2,1H3,(H2,31,32,33). The summed E-state index contributed by atoms with van der Waals surface area (Å²) in [4.78, 5) is 30.5. The number of benzene rings is 1. The van der Waals surface area contributed by atoms with E-state index in [1.54, 1.807) is 17.8 Å². The number of carbonyl (C=O) groups excluding carboxylic acids is 1. The van der Waals surface area contributed by atoms with Gasteiger partial charge in [-0.15, -0.1) is 0 Å². The topological polar surface area (TPSA) is 106 Å². The molecule has 2 aromatic heterocycles. The summed E-state index contributed by atoms with van der Waals surface area (Å²) in [5.41, 5.74) is 7.55. The molecular formula is C30H32N6O3. The molecule has 0 saturated heterocycles. The molecule has 4 aliphatic rings. The number of nitrogens with one attached hydrogen (secondary N) is 2. The quantitative estimate of drug-likeness (QED) is 0.442. The Hall–Kier alpha value is -4.11. The maximum Gasteiger partial charge on any atom is 0.274 e. The average Bonchev–Trinajstić information content (AvgIpc) is 3.65. The highest BCUT2D eigenvalue weighted by Crippen LogP contribution is 2.42. The predicted molar refractivity (Wildman–Crippen MR) is 150 cm³/mol. The van der Waals surface area contributed by atoms with Crippen molar-refractivity contribution in [3.63, 3.8) is 0 Å². The molecule has 3 N–H and O–H groups in total. The molecule has 3 aromatic rings. The number of allylic oxidation sites excluding steroid dienone is 2. The minimum Gasteiger partial charge on any atom is -0.392 e. The highest BCUT2D eigenvalue weighted by molar-refractivity contribution is 6.11. The van der Waals surface area contributed by atoms with Crippen LogP contribution in [0.1, 0.15) is 55.7 Å². The normalized spacial score (nSPS) is 18.8. The third-order valence-corrected chi connectivity index (χ3v) is 8.40. The zero-order chi connectivity index (χ0) is 26.7. The second kappa shape index (κ2) is 9.27. The molecule has 0 spiro atoms. The minimum atomic E-state index is -0.173. The Kier molecular flexibility index (Phi) is 5.70. The SMILES string of the molecule is Cn1cc(-c2cccc(N3C=C4C(=O)C5=C(CCCC5)N4CC3)c2CO)cc(Nc2cc(C3CC3)[nH]n2)c1=O. The van der Waals surface area contributed by atoms with Gasteiger partial charge in [0.05, 0.1) is 6.61 Å². The first-order chi connectivity index (χ1) is 19.0. The van der Waals surface area contributed by atoms with Crippen LogP contribution in [0.25, 0.3) is 11.1 Å². The van der Waals surface area contributed by atoms with Crippen LogP contribution in [-0.2, 0) is 18.4 Å². The number of carbonyl (C=O) groups is 1. The number of aromatic nitrogens is 3. The second-order valence-corrected chi connectivity index (χ2v) is 10.9. The predicted octanol–water partition coefficient (Wildman–Crippen LogP) is 4.26. The molecule has 1 aromatic carbocycles. The Balaban J connectivity index is 1.23. The van der Waals surface area contributed by atoms with Crippen LogP contribution in [0.3, 0.4) is 0 Å². The molecule has 0 atom stereocenters. The van der Waals surface area contributed by atoms with Gasteiger partial charge in [0.1, 0.15) is 11.4 Å². The van der Waals surface area contributed by atoms with E-state index in [9.17, 15) is 14.7 Å². The molecule has 0 amide bonds. The van der Waals surface area contributed by atoms with Crippen molar-refractivity contribution in [3.05, 3.63) is 81.3 Å². The number of aliphatic hydroxyl groups excluding tert-OH is 1. The van der Waals surface area contributed by atoms with Crippen molar-refractivity contribution in [1.29, 1.82) is 0 Å². The van der Waals surface area contributed by atoms with Crippen molar-refractivity contribution in [2.75, 3.05) is 23.3 Å². The van der Waals surface area contributed by atoms with Crippen LogP contribution in [-0.4, -0.2) is 43.6 Å². The Bertz CT molecular complexity index is 1610. The average molecular weight is 525 g/mol. The first-order valence-corrected chi connectivity index (χ1v) is 13.8. The number of hydrogen-bond donors (Lipinski definition) is 3. The molecule has 9 heteroatoms. The molecule has 0 unspecified atom stereocenters. The number of aromatic amines is 1. The number of ketones is 1. The summed E-state index contributed by atoms with van der Waals surface area (Å²) in [6.07, 6.45) is 10.1. The van der Waals surface area contributed by atoms with E-state index < -0.39 is 0 Å². The van der Waals surface area contributed by atoms with E-state index in [2.05, 4.69) is 25.3 Å². The van der Waals surface area contributed by atoms with Gasteiger partial charge in [0.2, 0.25) is 5.78 Å². The number of pyridine rings is 1. The first-order valence-electron chi connectivity index (χ1n) is 13.8. The first kappa shape index (κ1) is 24.0. The molecule has 1 saturated carbocycles. The van der Waals surface area contributed by atoms with Crippen LogP contribution in [0.2, 0.25) is 0 Å². The summed E-state index contributed by atoms with van der Waals surface area (Å²) in [6, 6.07) is 9.69. The molecule has 4 heterocycles. The van der Waals surface area contributed by atoms with Crippen LogP contribution < -0.4 is 15.8 Å². The van der Waals surface area contributed by atoms with E-state index >= 15 is 0 Å². The maximum absolute atomic E-state index is 13.2. The third-order valence-electron chi connectivity index (χ3n) is 8.40. The van der Waals surface area contributed by atoms with Gasteiger partial charge in [0.25, 0.3) is 5.56 Å². The molecule has 1 fully saturated rings. The molecule has 200 valence electrons. The fraction of sp³-hybridized carbons (Fsp3) is 0.367. The van der Waals surface area contributed by atoms with Gasteiger partial charge in [-0.05, 0) is 56.2 Å². The number of hydrogen-bond acceptors (Lipinski definition) is 7. The van der Waals surface area contributed by atoms with Gasteiger partial charge in [-0.3, -0.25) is 14.7 Å². The lowest BCUT2D eigenvalue weighted by molar-refractivity contribution is -0.112. The molecule has 2 aliphatic carbocycles. The number of H-pyrrole nitrogens is 1. The number of aliphatic hydroxyl groups is 1. The number of rotatable bonds is 6. The van der Waals surface area contributed by atoms with Crippen molar-refractivity contribution in [2.45, 2.75) is 51.0 Å². The largest absolute Gasteiger partial charge is 0.392 e. The molecule has 0 bridgehead atoms. The minimum absolute atomic E-state index is 0.146. The van der Waals surface area contributed by atoms with Crippen LogP contribution >= 0.6 is 0 Å². The van der Waals surface area contributed by atoms with E-state index in [4.69, 9.17) is 0 Å². The van der Waals surface area contributed by atoms with Crippen LogP contribution in [0, 0.1) is 0 Å². The number of Topliss-reactive ketones (excluding diaryl/α,β-unsaturated/α-hetero) is 1. The summed E-state index contributed by atoms with van der Waals surface area (Å²) in [5.74, 6) is 1.30. The fourth-order valence-corrected chi connectivity index (χ4v) is 6.22. The third kappa shape index (κ3) is 4.08. The number of nitrogens with zero attached hydrogens (tertiary/aromatic N) is 4. The zero-order valence-corrected chi connectivity index (χ0v) is 22.0. The lowest BCUT2D eigenvalue weighted by atomic mass is 9.96. The summed E-state index contributed by atoms with van der Waals surface area (Å²) >= 11 is 0. The highest BCUT2D eigenvalue weighted by Gasteiger charge is 2.38. The van der Waals surface area contributed by atoms with Crippen LogP contribution in [0.15, 0.2) is 64.5 Å². The summed E-state index contributed by atoms with van der Waals surface area (Å²) in [5, 5.41) is 21.2. The van der Waals surface area contributed by atoms with Crippen LogP contribution in [0.5, 0.6) is 0 Å². The summed E-state index contributed by atoms with van der Waals surface area (Å²) < 4.78 is 1.55. The maximum atomic E-state index is 13.2.